The first-order valence-corrected chi connectivity index (χ1v) is 10.5. The van der Waals surface area contributed by atoms with Gasteiger partial charge in [0.2, 0.25) is 0 Å². The summed E-state index contributed by atoms with van der Waals surface area (Å²) in [7, 11) is 0. The topological polar surface area (TPSA) is 70.8 Å². The van der Waals surface area contributed by atoms with Gasteiger partial charge in [0.05, 0.1) is 11.1 Å². The summed E-state index contributed by atoms with van der Waals surface area (Å²) in [6.45, 7) is 12.6. The molecule has 152 valence electrons. The zero-order chi connectivity index (χ0) is 19.9. The number of nitrogens with one attached hydrogen (secondary N) is 1. The summed E-state index contributed by atoms with van der Waals surface area (Å²) in [5.41, 5.74) is 6.95. The number of benzene rings is 1. The number of hydrogen-bond donors (Lipinski definition) is 2. The number of nitrogens with zero attached hydrogens (tertiary/aromatic N) is 2. The number of halogens is 1. The molecule has 0 unspecified atom stereocenters. The number of rotatable bonds is 7. The van der Waals surface area contributed by atoms with Gasteiger partial charge in [0.25, 0.3) is 0 Å². The highest BCUT2D eigenvalue weighted by atomic mass is 79.9. The zero-order valence-corrected chi connectivity index (χ0v) is 18.3. The average Bonchev–Trinajstić information content (AvgIpc) is 2.62. The fourth-order valence-corrected chi connectivity index (χ4v) is 3.50. The number of carbonyl (C=O) groups is 1. The van der Waals surface area contributed by atoms with Crippen molar-refractivity contribution in [1.82, 2.24) is 15.1 Å². The maximum atomic E-state index is 12.2. The molecule has 3 N–H and O–H groups in total. The Morgan fingerprint density at radius 1 is 1.26 bits per heavy atom. The fraction of sp³-hybridized carbons (Fsp3) is 0.650. The number of amides is 2. The monoisotopic (exact) mass is 440 g/mol. The van der Waals surface area contributed by atoms with Crippen molar-refractivity contribution in [1.29, 1.82) is 0 Å². The smallest absolute Gasteiger partial charge is 0.317 e. The van der Waals surface area contributed by atoms with Gasteiger partial charge in [0, 0.05) is 45.8 Å². The third kappa shape index (κ3) is 6.97. The van der Waals surface area contributed by atoms with Crippen LogP contribution in [0.25, 0.3) is 0 Å². The van der Waals surface area contributed by atoms with Crippen LogP contribution in [0.2, 0.25) is 0 Å². The van der Waals surface area contributed by atoms with Crippen molar-refractivity contribution in [2.75, 3.05) is 52.4 Å². The summed E-state index contributed by atoms with van der Waals surface area (Å²) in [6, 6.07) is 6.23. The second-order valence-electron chi connectivity index (χ2n) is 7.95. The lowest BCUT2D eigenvalue weighted by Gasteiger charge is -2.34. The standard InChI is InChI=1S/C20H33BrN4O2/c1-20(2,3)16-5-6-18(17(21)15-16)27-14-4-8-23-19(26)25-12-10-24(9-7-22)11-13-25/h5-6,15H,4,7-14,22H2,1-3H3,(H,23,26). The van der Waals surface area contributed by atoms with Crippen LogP contribution in [0.1, 0.15) is 32.8 Å². The summed E-state index contributed by atoms with van der Waals surface area (Å²) in [5, 5.41) is 2.98. The molecule has 0 spiro atoms. The minimum atomic E-state index is 0.0121. The van der Waals surface area contributed by atoms with Crippen LogP contribution in [-0.2, 0) is 5.41 Å². The van der Waals surface area contributed by atoms with Crippen LogP contribution in [-0.4, -0.2) is 68.3 Å². The van der Waals surface area contributed by atoms with Crippen molar-refractivity contribution in [2.24, 2.45) is 5.73 Å². The molecule has 0 aliphatic carbocycles. The molecule has 0 aromatic heterocycles. The normalized spacial score (nSPS) is 15.7. The maximum Gasteiger partial charge on any atom is 0.317 e. The molecular weight excluding hydrogens is 408 g/mol. The molecule has 1 heterocycles. The third-order valence-electron chi connectivity index (χ3n) is 4.76. The lowest BCUT2D eigenvalue weighted by atomic mass is 9.87. The highest BCUT2D eigenvalue weighted by Crippen LogP contribution is 2.31. The van der Waals surface area contributed by atoms with Crippen molar-refractivity contribution in [3.8, 4) is 5.75 Å². The van der Waals surface area contributed by atoms with Crippen LogP contribution in [0.5, 0.6) is 5.75 Å². The van der Waals surface area contributed by atoms with Gasteiger partial charge in [-0.2, -0.15) is 0 Å². The van der Waals surface area contributed by atoms with E-state index in [-0.39, 0.29) is 11.4 Å². The van der Waals surface area contributed by atoms with Crippen molar-refractivity contribution >= 4 is 22.0 Å². The molecule has 1 aromatic rings. The molecule has 0 saturated carbocycles. The number of nitrogens with two attached hydrogens (primary N) is 1. The van der Waals surface area contributed by atoms with Crippen LogP contribution in [0.15, 0.2) is 22.7 Å². The Kier molecular flexibility index (Phi) is 8.38. The minimum absolute atomic E-state index is 0.0121. The van der Waals surface area contributed by atoms with E-state index in [1.54, 1.807) is 0 Å². The molecule has 1 aromatic carbocycles. The Balaban J connectivity index is 1.65. The summed E-state index contributed by atoms with van der Waals surface area (Å²) in [5.74, 6) is 0.838. The molecule has 1 fully saturated rings. The Hall–Kier alpha value is -1.31. The maximum absolute atomic E-state index is 12.2. The first-order valence-electron chi connectivity index (χ1n) is 9.69. The van der Waals surface area contributed by atoms with Crippen LogP contribution in [0.3, 0.4) is 0 Å². The molecule has 27 heavy (non-hydrogen) atoms. The minimum Gasteiger partial charge on any atom is -0.492 e. The molecule has 0 radical (unpaired) electrons. The van der Waals surface area contributed by atoms with Crippen molar-refractivity contribution in [3.05, 3.63) is 28.2 Å². The number of urea groups is 1. The lowest BCUT2D eigenvalue weighted by Crippen LogP contribution is -2.52. The Bertz CT molecular complexity index is 610. The van der Waals surface area contributed by atoms with Gasteiger partial charge in [0.15, 0.2) is 0 Å². The van der Waals surface area contributed by atoms with E-state index < -0.39 is 0 Å². The van der Waals surface area contributed by atoms with Crippen molar-refractivity contribution in [3.63, 3.8) is 0 Å². The van der Waals surface area contributed by atoms with E-state index in [1.807, 2.05) is 11.0 Å². The predicted molar refractivity (Wildman–Crippen MR) is 113 cm³/mol. The van der Waals surface area contributed by atoms with Crippen LogP contribution < -0.4 is 15.8 Å². The largest absolute Gasteiger partial charge is 0.492 e. The summed E-state index contributed by atoms with van der Waals surface area (Å²) in [4.78, 5) is 16.4. The van der Waals surface area contributed by atoms with Crippen LogP contribution in [0, 0.1) is 0 Å². The van der Waals surface area contributed by atoms with E-state index in [0.29, 0.717) is 19.7 Å². The van der Waals surface area contributed by atoms with Gasteiger partial charge in [-0.1, -0.05) is 26.8 Å². The van der Waals surface area contributed by atoms with Gasteiger partial charge in [-0.15, -0.1) is 0 Å². The second-order valence-corrected chi connectivity index (χ2v) is 8.80. The van der Waals surface area contributed by atoms with Crippen molar-refractivity contribution < 1.29 is 9.53 Å². The van der Waals surface area contributed by atoms with E-state index in [4.69, 9.17) is 10.5 Å². The quantitative estimate of drug-likeness (QED) is 0.639. The van der Waals surface area contributed by atoms with E-state index in [2.05, 4.69) is 59.1 Å². The summed E-state index contributed by atoms with van der Waals surface area (Å²) < 4.78 is 6.81. The predicted octanol–water partition coefficient (Wildman–Crippen LogP) is 2.80. The molecule has 1 aliphatic rings. The molecule has 0 atom stereocenters. The Morgan fingerprint density at radius 3 is 2.56 bits per heavy atom. The van der Waals surface area contributed by atoms with Gasteiger partial charge < -0.3 is 20.7 Å². The highest BCUT2D eigenvalue weighted by Gasteiger charge is 2.20. The lowest BCUT2D eigenvalue weighted by molar-refractivity contribution is 0.141. The third-order valence-corrected chi connectivity index (χ3v) is 5.38. The van der Waals surface area contributed by atoms with Gasteiger partial charge in [-0.05, 0) is 45.5 Å². The molecule has 7 heteroatoms. The van der Waals surface area contributed by atoms with Gasteiger partial charge in [0.1, 0.15) is 5.75 Å². The molecule has 1 saturated heterocycles. The van der Waals surface area contributed by atoms with E-state index in [1.165, 1.54) is 5.56 Å². The summed E-state index contributed by atoms with van der Waals surface area (Å²) in [6.07, 6.45) is 0.770. The molecule has 1 aliphatic heterocycles. The first kappa shape index (κ1) is 22.0. The Morgan fingerprint density at radius 2 is 1.96 bits per heavy atom. The van der Waals surface area contributed by atoms with E-state index in [0.717, 1.165) is 49.4 Å². The fourth-order valence-electron chi connectivity index (χ4n) is 3.00. The van der Waals surface area contributed by atoms with Crippen molar-refractivity contribution in [2.45, 2.75) is 32.6 Å². The van der Waals surface area contributed by atoms with Gasteiger partial charge >= 0.3 is 6.03 Å². The molecule has 2 amide bonds. The van der Waals surface area contributed by atoms with E-state index in [9.17, 15) is 4.79 Å². The zero-order valence-electron chi connectivity index (χ0n) is 16.8. The number of ether oxygens (including phenoxy) is 1. The first-order chi connectivity index (χ1) is 12.8. The summed E-state index contributed by atoms with van der Waals surface area (Å²) >= 11 is 3.59. The number of hydrogen-bond acceptors (Lipinski definition) is 4. The second kappa shape index (κ2) is 10.3. The number of piperazine rings is 1. The van der Waals surface area contributed by atoms with Gasteiger partial charge in [-0.25, -0.2) is 4.79 Å². The molecular formula is C20H33BrN4O2. The van der Waals surface area contributed by atoms with E-state index >= 15 is 0 Å². The Labute approximate surface area is 171 Å². The SMILES string of the molecule is CC(C)(C)c1ccc(OCCCNC(=O)N2CCN(CCN)CC2)c(Br)c1. The average molecular weight is 441 g/mol. The van der Waals surface area contributed by atoms with Crippen LogP contribution >= 0.6 is 15.9 Å². The highest BCUT2D eigenvalue weighted by molar-refractivity contribution is 9.10. The van der Waals surface area contributed by atoms with Gasteiger partial charge in [-0.3, -0.25) is 4.90 Å². The van der Waals surface area contributed by atoms with Crippen LogP contribution in [0.4, 0.5) is 4.79 Å². The molecule has 6 nitrogen and oxygen atoms in total. The molecule has 0 bridgehead atoms. The number of carbonyl (C=O) groups excluding carboxylic acids is 1. The molecule has 2 rings (SSSR count).